The molecule has 0 bridgehead atoms. The third-order valence-electron chi connectivity index (χ3n) is 5.22. The number of nitrogens with one attached hydrogen (secondary N) is 1. The van der Waals surface area contributed by atoms with Crippen LogP contribution in [-0.2, 0) is 27.2 Å². The monoisotopic (exact) mass is 435 g/mol. The average Bonchev–Trinajstić information content (AvgIpc) is 3.18. The number of aliphatic hydroxyl groups is 1. The summed E-state index contributed by atoms with van der Waals surface area (Å²) in [6, 6.07) is 18.9. The Bertz CT molecular complexity index is 1330. The summed E-state index contributed by atoms with van der Waals surface area (Å²) in [7, 11) is 2.99. The second-order valence-electron chi connectivity index (χ2n) is 7.54. The first-order valence-electron chi connectivity index (χ1n) is 10.3. The van der Waals surface area contributed by atoms with E-state index < -0.39 is 17.4 Å². The van der Waals surface area contributed by atoms with Crippen molar-refractivity contribution in [3.8, 4) is 5.75 Å². The zero-order chi connectivity index (χ0) is 22.7. The normalized spacial score (nSPS) is 12.1. The molecule has 2 heterocycles. The number of rotatable bonds is 8. The van der Waals surface area contributed by atoms with Crippen molar-refractivity contribution in [1.82, 2.24) is 18.7 Å². The molecular weight excluding hydrogens is 410 g/mol. The summed E-state index contributed by atoms with van der Waals surface area (Å²) in [6.45, 7) is 0.566. The first-order valence-corrected chi connectivity index (χ1v) is 10.3. The van der Waals surface area contributed by atoms with Gasteiger partial charge in [0.15, 0.2) is 11.2 Å². The molecule has 1 atom stereocenters. The topological polar surface area (TPSA) is 103 Å². The van der Waals surface area contributed by atoms with Crippen LogP contribution in [0.25, 0.3) is 11.2 Å². The van der Waals surface area contributed by atoms with Gasteiger partial charge in [0.25, 0.3) is 5.56 Å². The molecule has 0 aliphatic carbocycles. The van der Waals surface area contributed by atoms with Crippen molar-refractivity contribution in [2.24, 2.45) is 14.1 Å². The van der Waals surface area contributed by atoms with E-state index in [2.05, 4.69) is 10.3 Å². The second-order valence-corrected chi connectivity index (χ2v) is 7.54. The van der Waals surface area contributed by atoms with Crippen LogP contribution < -0.4 is 21.3 Å². The fourth-order valence-corrected chi connectivity index (χ4v) is 3.51. The highest BCUT2D eigenvalue weighted by Gasteiger charge is 2.21. The van der Waals surface area contributed by atoms with Gasteiger partial charge in [-0.1, -0.05) is 48.5 Å². The number of hydrogen-bond donors (Lipinski definition) is 2. The zero-order valence-corrected chi connectivity index (χ0v) is 17.9. The van der Waals surface area contributed by atoms with E-state index in [0.29, 0.717) is 18.2 Å². The van der Waals surface area contributed by atoms with E-state index in [4.69, 9.17) is 4.74 Å². The minimum Gasteiger partial charge on any atom is -0.491 e. The number of aryl methyl sites for hydroxylation is 1. The third kappa shape index (κ3) is 4.28. The summed E-state index contributed by atoms with van der Waals surface area (Å²) in [5.41, 5.74) is 0.587. The number of ether oxygens (including phenoxy) is 1. The lowest BCUT2D eigenvalue weighted by Gasteiger charge is -2.16. The number of hydrogen-bond acceptors (Lipinski definition) is 6. The van der Waals surface area contributed by atoms with Crippen LogP contribution in [0.2, 0.25) is 0 Å². The summed E-state index contributed by atoms with van der Waals surface area (Å²) in [6.07, 6.45) is -0.910. The molecule has 0 spiro atoms. The van der Waals surface area contributed by atoms with Gasteiger partial charge in [0, 0.05) is 20.6 Å². The molecule has 32 heavy (non-hydrogen) atoms. The molecule has 0 saturated carbocycles. The fraction of sp³-hybridized carbons (Fsp3) is 0.261. The number of benzene rings is 2. The molecule has 4 rings (SSSR count). The summed E-state index contributed by atoms with van der Waals surface area (Å²) in [4.78, 5) is 29.8. The highest BCUT2D eigenvalue weighted by atomic mass is 16.5. The van der Waals surface area contributed by atoms with Gasteiger partial charge in [-0.3, -0.25) is 13.9 Å². The van der Waals surface area contributed by atoms with E-state index in [-0.39, 0.29) is 24.3 Å². The van der Waals surface area contributed by atoms with Crippen molar-refractivity contribution < 1.29 is 9.84 Å². The lowest BCUT2D eigenvalue weighted by Crippen LogP contribution is -2.38. The zero-order valence-electron chi connectivity index (χ0n) is 17.9. The highest BCUT2D eigenvalue weighted by Crippen LogP contribution is 2.18. The number of aliphatic hydroxyl groups excluding tert-OH is 1. The average molecular weight is 435 g/mol. The van der Waals surface area contributed by atoms with Crippen molar-refractivity contribution in [3.05, 3.63) is 87.1 Å². The summed E-state index contributed by atoms with van der Waals surface area (Å²) in [5, 5.41) is 13.9. The minimum atomic E-state index is -0.910. The fourth-order valence-electron chi connectivity index (χ4n) is 3.51. The maximum Gasteiger partial charge on any atom is 0.332 e. The number of para-hydroxylation sites is 1. The van der Waals surface area contributed by atoms with Crippen LogP contribution in [0.4, 0.5) is 5.95 Å². The Morgan fingerprint density at radius 1 is 1.00 bits per heavy atom. The minimum absolute atomic E-state index is 0.0356. The van der Waals surface area contributed by atoms with Gasteiger partial charge >= 0.3 is 5.69 Å². The summed E-state index contributed by atoms with van der Waals surface area (Å²) < 4.78 is 9.63. The maximum atomic E-state index is 12.9. The smallest absolute Gasteiger partial charge is 0.332 e. The number of aromatic nitrogens is 4. The predicted molar refractivity (Wildman–Crippen MR) is 122 cm³/mol. The molecule has 0 aliphatic rings. The molecule has 2 aromatic carbocycles. The number of nitrogens with zero attached hydrogens (tertiary/aromatic N) is 4. The lowest BCUT2D eigenvalue weighted by atomic mass is 10.2. The molecule has 166 valence electrons. The molecule has 9 heteroatoms. The Morgan fingerprint density at radius 2 is 1.66 bits per heavy atom. The van der Waals surface area contributed by atoms with Crippen molar-refractivity contribution >= 4 is 17.1 Å². The third-order valence-corrected chi connectivity index (χ3v) is 5.22. The molecule has 2 aromatic heterocycles. The van der Waals surface area contributed by atoms with Gasteiger partial charge in [-0.15, -0.1) is 0 Å². The number of imidazole rings is 1. The van der Waals surface area contributed by atoms with Crippen LogP contribution in [-0.4, -0.2) is 36.5 Å². The molecule has 0 aliphatic heterocycles. The Hall–Kier alpha value is -3.85. The van der Waals surface area contributed by atoms with E-state index in [9.17, 15) is 14.7 Å². The van der Waals surface area contributed by atoms with Crippen molar-refractivity contribution in [2.45, 2.75) is 19.2 Å². The lowest BCUT2D eigenvalue weighted by molar-refractivity contribution is 0.0938. The van der Waals surface area contributed by atoms with Gasteiger partial charge in [0.2, 0.25) is 5.95 Å². The SMILES string of the molecule is Cn1c(=O)c2c(nc(NCc3ccccc3)n2CC(O)COc2ccccc2)n(C)c1=O. The molecular formula is C23H25N5O4. The van der Waals surface area contributed by atoms with Crippen molar-refractivity contribution in [2.75, 3.05) is 11.9 Å². The number of anilines is 1. The molecule has 4 aromatic rings. The Kier molecular flexibility index (Phi) is 6.09. The standard InChI is InChI=1S/C23H25N5O4/c1-26-20-19(21(30)27(2)23(26)31)28(14-17(29)15-32-18-11-7-4-8-12-18)22(25-20)24-13-16-9-5-3-6-10-16/h3-12,17,29H,13-15H2,1-2H3,(H,24,25). The van der Waals surface area contributed by atoms with Gasteiger partial charge in [0.1, 0.15) is 18.5 Å². The molecule has 9 nitrogen and oxygen atoms in total. The van der Waals surface area contributed by atoms with Gasteiger partial charge in [0.05, 0.1) is 6.54 Å². The predicted octanol–water partition coefficient (Wildman–Crippen LogP) is 1.49. The van der Waals surface area contributed by atoms with E-state index in [1.807, 2.05) is 48.5 Å². The van der Waals surface area contributed by atoms with Crippen molar-refractivity contribution in [3.63, 3.8) is 0 Å². The number of fused-ring (bicyclic) bond motifs is 1. The molecule has 0 fully saturated rings. The van der Waals surface area contributed by atoms with Crippen LogP contribution in [0.3, 0.4) is 0 Å². The van der Waals surface area contributed by atoms with Crippen LogP contribution in [0.1, 0.15) is 5.56 Å². The Balaban J connectivity index is 1.67. The summed E-state index contributed by atoms with van der Waals surface area (Å²) in [5.74, 6) is 1.03. The van der Waals surface area contributed by atoms with Crippen LogP contribution in [0, 0.1) is 0 Å². The Labute approximate surface area is 184 Å². The first kappa shape index (κ1) is 21.4. The van der Waals surface area contributed by atoms with Gasteiger partial charge in [-0.05, 0) is 17.7 Å². The molecule has 2 N–H and O–H groups in total. The largest absolute Gasteiger partial charge is 0.491 e. The van der Waals surface area contributed by atoms with Crippen molar-refractivity contribution in [1.29, 1.82) is 0 Å². The molecule has 0 amide bonds. The molecule has 0 radical (unpaired) electrons. The van der Waals surface area contributed by atoms with Crippen LogP contribution in [0.15, 0.2) is 70.3 Å². The second kappa shape index (κ2) is 9.11. The van der Waals surface area contributed by atoms with E-state index in [1.54, 1.807) is 23.7 Å². The highest BCUT2D eigenvalue weighted by molar-refractivity contribution is 5.74. The quantitative estimate of drug-likeness (QED) is 0.435. The van der Waals surface area contributed by atoms with Gasteiger partial charge in [-0.25, -0.2) is 4.79 Å². The van der Waals surface area contributed by atoms with E-state index in [0.717, 1.165) is 10.1 Å². The van der Waals surface area contributed by atoms with Gasteiger partial charge in [-0.2, -0.15) is 4.98 Å². The maximum absolute atomic E-state index is 12.9. The molecule has 0 saturated heterocycles. The molecule has 1 unspecified atom stereocenters. The summed E-state index contributed by atoms with van der Waals surface area (Å²) >= 11 is 0. The van der Waals surface area contributed by atoms with Gasteiger partial charge < -0.3 is 19.7 Å². The van der Waals surface area contributed by atoms with E-state index >= 15 is 0 Å². The Morgan fingerprint density at radius 3 is 2.34 bits per heavy atom. The van der Waals surface area contributed by atoms with Crippen LogP contribution in [0.5, 0.6) is 5.75 Å². The first-order chi connectivity index (χ1) is 15.5. The van der Waals surface area contributed by atoms with E-state index in [1.165, 1.54) is 11.6 Å². The van der Waals surface area contributed by atoms with Crippen LogP contribution >= 0.6 is 0 Å².